The molecule has 0 aromatic heterocycles. The summed E-state index contributed by atoms with van der Waals surface area (Å²) in [4.78, 5) is 2.44. The van der Waals surface area contributed by atoms with Crippen molar-refractivity contribution in [2.24, 2.45) is 0 Å². The number of hydrogen-bond donors (Lipinski definition) is 0. The fourth-order valence-electron chi connectivity index (χ4n) is 2.67. The van der Waals surface area contributed by atoms with Gasteiger partial charge in [-0.15, -0.1) is 0 Å². The van der Waals surface area contributed by atoms with Crippen LogP contribution in [0.2, 0.25) is 0 Å². The third kappa shape index (κ3) is 4.86. The van der Waals surface area contributed by atoms with Crippen LogP contribution in [0.4, 0.5) is 0 Å². The minimum Gasteiger partial charge on any atom is -0.296 e. The molecular weight excluding hydrogens is 254 g/mol. The highest BCUT2D eigenvalue weighted by molar-refractivity contribution is 5.35. The van der Waals surface area contributed by atoms with E-state index in [0.717, 1.165) is 6.54 Å². The first-order valence-corrected chi connectivity index (χ1v) is 8.25. The summed E-state index contributed by atoms with van der Waals surface area (Å²) in [5.74, 6) is 0. The molecule has 0 radical (unpaired) electrons. The zero-order valence-electron chi connectivity index (χ0n) is 14.6. The zero-order valence-corrected chi connectivity index (χ0v) is 14.6. The van der Waals surface area contributed by atoms with Crippen LogP contribution < -0.4 is 0 Å². The van der Waals surface area contributed by atoms with E-state index < -0.39 is 0 Å². The summed E-state index contributed by atoms with van der Waals surface area (Å²) in [6, 6.07) is 9.41. The van der Waals surface area contributed by atoms with E-state index >= 15 is 0 Å². The van der Waals surface area contributed by atoms with Gasteiger partial charge < -0.3 is 0 Å². The number of hydrogen-bond acceptors (Lipinski definition) is 1. The molecule has 0 bridgehead atoms. The number of likely N-dealkylation sites (N-methyl/N-ethyl adjacent to an activating group) is 1. The number of allylic oxidation sites excluding steroid dienone is 3. The van der Waals surface area contributed by atoms with Crippen molar-refractivity contribution in [3.63, 3.8) is 0 Å². The monoisotopic (exact) mass is 285 g/mol. The van der Waals surface area contributed by atoms with Gasteiger partial charge in [-0.2, -0.15) is 0 Å². The predicted octanol–water partition coefficient (Wildman–Crippen LogP) is 5.68. The Morgan fingerprint density at radius 2 is 1.62 bits per heavy atom. The summed E-state index contributed by atoms with van der Waals surface area (Å²) in [5, 5.41) is 0. The van der Waals surface area contributed by atoms with Gasteiger partial charge in [0.15, 0.2) is 0 Å². The van der Waals surface area contributed by atoms with Crippen LogP contribution in [0, 0.1) is 6.92 Å². The van der Waals surface area contributed by atoms with Crippen molar-refractivity contribution in [1.82, 2.24) is 4.90 Å². The van der Waals surface area contributed by atoms with E-state index in [1.807, 2.05) is 13.8 Å². The highest BCUT2D eigenvalue weighted by Crippen LogP contribution is 2.33. The Morgan fingerprint density at radius 3 is 2.10 bits per heavy atom. The van der Waals surface area contributed by atoms with Gasteiger partial charge in [0.25, 0.3) is 0 Å². The van der Waals surface area contributed by atoms with Gasteiger partial charge in [0.1, 0.15) is 0 Å². The summed E-state index contributed by atoms with van der Waals surface area (Å²) in [6.45, 7) is 11.7. The average Bonchev–Trinajstić information content (AvgIpc) is 2.53. The van der Waals surface area contributed by atoms with E-state index in [1.54, 1.807) is 5.57 Å². The van der Waals surface area contributed by atoms with Crippen LogP contribution in [0.5, 0.6) is 0 Å². The van der Waals surface area contributed by atoms with Gasteiger partial charge >= 0.3 is 0 Å². The van der Waals surface area contributed by atoms with Crippen LogP contribution in [0.1, 0.15) is 57.7 Å². The molecule has 1 aromatic rings. The van der Waals surface area contributed by atoms with Crippen LogP contribution in [0.15, 0.2) is 47.6 Å². The molecule has 0 aliphatic heterocycles. The standard InChI is InChI=1S/C18H25N.C2H6/c1-5-19(4)18(16-10-6-14(2)7-11-16)17-12-8-15(3)9-13-17;1-2/h6-8,10-12,18H,5,9,13H2,1-4H3;1-2H3. The number of aryl methyl sites for hydroxylation is 1. The van der Waals surface area contributed by atoms with E-state index in [0.29, 0.717) is 6.04 Å². The molecule has 0 saturated carbocycles. The second-order valence-electron chi connectivity index (χ2n) is 5.64. The average molecular weight is 285 g/mol. The number of rotatable bonds is 4. The minimum absolute atomic E-state index is 0.426. The summed E-state index contributed by atoms with van der Waals surface area (Å²) in [7, 11) is 2.22. The van der Waals surface area contributed by atoms with E-state index in [2.05, 4.69) is 69.1 Å². The summed E-state index contributed by atoms with van der Waals surface area (Å²) in [6.07, 6.45) is 7.00. The van der Waals surface area contributed by atoms with Gasteiger partial charge in [-0.3, -0.25) is 4.90 Å². The SMILES string of the molecule is CC.CCN(C)C(C1=CC=C(C)CC1)c1ccc(C)cc1. The lowest BCUT2D eigenvalue weighted by Gasteiger charge is -2.31. The van der Waals surface area contributed by atoms with Gasteiger partial charge in [-0.05, 0) is 51.4 Å². The lowest BCUT2D eigenvalue weighted by atomic mass is 9.89. The number of benzene rings is 1. The van der Waals surface area contributed by atoms with Crippen LogP contribution in [0.25, 0.3) is 0 Å². The first-order chi connectivity index (χ1) is 10.1. The topological polar surface area (TPSA) is 3.24 Å². The van der Waals surface area contributed by atoms with Crippen molar-refractivity contribution in [2.75, 3.05) is 13.6 Å². The molecule has 116 valence electrons. The Balaban J connectivity index is 0.00000106. The molecular formula is C20H31N. The summed E-state index contributed by atoms with van der Waals surface area (Å²) in [5.41, 5.74) is 5.77. The van der Waals surface area contributed by atoms with Crippen molar-refractivity contribution in [3.8, 4) is 0 Å². The lowest BCUT2D eigenvalue weighted by molar-refractivity contribution is 0.285. The van der Waals surface area contributed by atoms with Gasteiger partial charge in [-0.25, -0.2) is 0 Å². The zero-order chi connectivity index (χ0) is 15.8. The summed E-state index contributed by atoms with van der Waals surface area (Å²) >= 11 is 0. The maximum Gasteiger partial charge on any atom is 0.0561 e. The molecule has 1 aromatic carbocycles. The molecule has 1 heteroatoms. The fraction of sp³-hybridized carbons (Fsp3) is 0.500. The van der Waals surface area contributed by atoms with E-state index in [1.165, 1.54) is 29.5 Å². The van der Waals surface area contributed by atoms with E-state index in [9.17, 15) is 0 Å². The Bertz CT molecular complexity index is 479. The third-order valence-electron chi connectivity index (χ3n) is 4.07. The first-order valence-electron chi connectivity index (χ1n) is 8.25. The highest BCUT2D eigenvalue weighted by atomic mass is 15.1. The van der Waals surface area contributed by atoms with Crippen molar-refractivity contribution in [2.45, 2.75) is 53.5 Å². The van der Waals surface area contributed by atoms with Crippen molar-refractivity contribution in [3.05, 3.63) is 58.7 Å². The molecule has 0 spiro atoms. The van der Waals surface area contributed by atoms with Gasteiger partial charge in [0, 0.05) is 0 Å². The van der Waals surface area contributed by atoms with Crippen LogP contribution in [-0.2, 0) is 0 Å². The lowest BCUT2D eigenvalue weighted by Crippen LogP contribution is -2.26. The molecule has 1 aliphatic carbocycles. The highest BCUT2D eigenvalue weighted by Gasteiger charge is 2.21. The first kappa shape index (κ1) is 17.7. The Kier molecular flexibility index (Phi) is 7.45. The van der Waals surface area contributed by atoms with Gasteiger partial charge in [0.05, 0.1) is 6.04 Å². The number of nitrogens with zero attached hydrogens (tertiary/aromatic N) is 1. The predicted molar refractivity (Wildman–Crippen MR) is 94.6 cm³/mol. The largest absolute Gasteiger partial charge is 0.296 e. The molecule has 0 fully saturated rings. The molecule has 1 aliphatic rings. The smallest absolute Gasteiger partial charge is 0.0561 e. The molecule has 21 heavy (non-hydrogen) atoms. The van der Waals surface area contributed by atoms with Crippen LogP contribution in [-0.4, -0.2) is 18.5 Å². The summed E-state index contributed by atoms with van der Waals surface area (Å²) < 4.78 is 0. The second-order valence-corrected chi connectivity index (χ2v) is 5.64. The van der Waals surface area contributed by atoms with Gasteiger partial charge in [-0.1, -0.05) is 68.3 Å². The Morgan fingerprint density at radius 1 is 1.00 bits per heavy atom. The molecule has 0 heterocycles. The van der Waals surface area contributed by atoms with Crippen LogP contribution in [0.3, 0.4) is 0 Å². The normalized spacial score (nSPS) is 15.8. The molecule has 1 unspecified atom stereocenters. The van der Waals surface area contributed by atoms with Crippen LogP contribution >= 0.6 is 0 Å². The molecule has 0 saturated heterocycles. The minimum atomic E-state index is 0.426. The molecule has 2 rings (SSSR count). The molecule has 0 N–H and O–H groups in total. The van der Waals surface area contributed by atoms with Crippen molar-refractivity contribution < 1.29 is 0 Å². The molecule has 1 nitrogen and oxygen atoms in total. The Labute approximate surface area is 131 Å². The fourth-order valence-corrected chi connectivity index (χ4v) is 2.67. The van der Waals surface area contributed by atoms with Crippen molar-refractivity contribution >= 4 is 0 Å². The van der Waals surface area contributed by atoms with E-state index in [-0.39, 0.29) is 0 Å². The Hall–Kier alpha value is -1.34. The van der Waals surface area contributed by atoms with Gasteiger partial charge in [0.2, 0.25) is 0 Å². The van der Waals surface area contributed by atoms with Crippen molar-refractivity contribution in [1.29, 1.82) is 0 Å². The van der Waals surface area contributed by atoms with E-state index in [4.69, 9.17) is 0 Å². The maximum atomic E-state index is 2.44. The quantitative estimate of drug-likeness (QED) is 0.688. The second kappa shape index (κ2) is 8.84. The third-order valence-corrected chi connectivity index (χ3v) is 4.07. The molecule has 0 amide bonds. The maximum absolute atomic E-state index is 2.44. The molecule has 1 atom stereocenters.